The second kappa shape index (κ2) is 4.99. The maximum atomic E-state index is 5.43. The van der Waals surface area contributed by atoms with Gasteiger partial charge in [-0.2, -0.15) is 0 Å². The molecule has 0 radical (unpaired) electrons. The fraction of sp³-hybridized carbons (Fsp3) is 0.714. The van der Waals surface area contributed by atoms with Gasteiger partial charge in [0.2, 0.25) is 0 Å². The van der Waals surface area contributed by atoms with Crippen molar-refractivity contribution in [3.05, 3.63) is 16.3 Å². The molecule has 0 saturated carbocycles. The van der Waals surface area contributed by atoms with Crippen molar-refractivity contribution in [3.8, 4) is 5.75 Å². The Bertz CT molecular complexity index is 359. The van der Waals surface area contributed by atoms with E-state index in [1.54, 1.807) is 7.11 Å². The number of methoxy groups -OCH3 is 1. The zero-order valence-corrected chi connectivity index (χ0v) is 12.1. The lowest BCUT2D eigenvalue weighted by atomic mass is 9.91. The number of rotatable bonds is 2. The maximum absolute atomic E-state index is 5.43. The third kappa shape index (κ3) is 2.83. The molecule has 1 fully saturated rings. The average Bonchev–Trinajstić information content (AvgIpc) is 2.76. The fourth-order valence-corrected chi connectivity index (χ4v) is 3.62. The Morgan fingerprint density at radius 2 is 1.94 bits per heavy atom. The van der Waals surface area contributed by atoms with Gasteiger partial charge in [0, 0.05) is 10.4 Å². The van der Waals surface area contributed by atoms with Gasteiger partial charge >= 0.3 is 0 Å². The quantitative estimate of drug-likeness (QED) is 0.796. The third-order valence-corrected chi connectivity index (χ3v) is 4.75. The molecule has 0 bridgehead atoms. The summed E-state index contributed by atoms with van der Waals surface area (Å²) >= 11 is 1.85. The summed E-state index contributed by atoms with van der Waals surface area (Å²) in [5, 5.41) is 2.14. The number of piperidine rings is 1. The summed E-state index contributed by atoms with van der Waals surface area (Å²) in [5.74, 6) is 1.78. The van der Waals surface area contributed by atoms with Crippen LogP contribution in [-0.2, 0) is 0 Å². The van der Waals surface area contributed by atoms with Gasteiger partial charge in [-0.25, -0.2) is 0 Å². The number of nitrogens with zero attached hydrogens (tertiary/aromatic N) is 1. The molecule has 1 aliphatic heterocycles. The molecular weight excluding hydrogens is 230 g/mol. The van der Waals surface area contributed by atoms with Crippen LogP contribution in [0.25, 0.3) is 0 Å². The predicted octanol–water partition coefficient (Wildman–Crippen LogP) is 3.73. The summed E-state index contributed by atoms with van der Waals surface area (Å²) in [4.78, 5) is 4.03. The molecule has 0 spiro atoms. The van der Waals surface area contributed by atoms with E-state index in [-0.39, 0.29) is 0 Å². The molecule has 1 aromatic rings. The van der Waals surface area contributed by atoms with Gasteiger partial charge in [0.15, 0.2) is 0 Å². The Balaban J connectivity index is 2.00. The molecule has 0 atom stereocenters. The first-order valence-electron chi connectivity index (χ1n) is 6.39. The first-order valence-corrected chi connectivity index (χ1v) is 7.27. The molecule has 1 aromatic heterocycles. The molecule has 0 N–H and O–H groups in total. The van der Waals surface area contributed by atoms with Gasteiger partial charge < -0.3 is 4.74 Å². The zero-order valence-electron chi connectivity index (χ0n) is 11.3. The van der Waals surface area contributed by atoms with Crippen molar-refractivity contribution >= 4 is 11.3 Å². The SMILES string of the molecule is COc1ccsc1C1CCN(C(C)(C)C)CC1. The largest absolute Gasteiger partial charge is 0.496 e. The van der Waals surface area contributed by atoms with E-state index in [1.165, 1.54) is 30.8 Å². The summed E-state index contributed by atoms with van der Waals surface area (Å²) in [7, 11) is 1.77. The van der Waals surface area contributed by atoms with Crippen molar-refractivity contribution in [2.24, 2.45) is 0 Å². The molecule has 1 aliphatic rings. The van der Waals surface area contributed by atoms with E-state index in [2.05, 4.69) is 37.1 Å². The monoisotopic (exact) mass is 253 g/mol. The van der Waals surface area contributed by atoms with E-state index in [0.717, 1.165) is 5.75 Å². The normalized spacial score (nSPS) is 19.5. The van der Waals surface area contributed by atoms with Crippen LogP contribution in [0, 0.1) is 0 Å². The summed E-state index contributed by atoms with van der Waals surface area (Å²) < 4.78 is 5.43. The minimum absolute atomic E-state index is 0.310. The Morgan fingerprint density at radius 3 is 2.47 bits per heavy atom. The van der Waals surface area contributed by atoms with Gasteiger partial charge in [-0.15, -0.1) is 11.3 Å². The summed E-state index contributed by atoms with van der Waals surface area (Å²) in [6, 6.07) is 2.09. The molecule has 1 saturated heterocycles. The molecule has 0 amide bonds. The Hall–Kier alpha value is -0.540. The summed E-state index contributed by atoms with van der Waals surface area (Å²) in [6.45, 7) is 9.32. The molecule has 2 rings (SSSR count). The van der Waals surface area contributed by atoms with E-state index in [9.17, 15) is 0 Å². The van der Waals surface area contributed by atoms with Crippen LogP contribution >= 0.6 is 11.3 Å². The standard InChI is InChI=1S/C14H23NOS/c1-14(2,3)15-8-5-11(6-9-15)13-12(16-4)7-10-17-13/h7,10-11H,5-6,8-9H2,1-4H3. The Kier molecular flexibility index (Phi) is 3.79. The maximum Gasteiger partial charge on any atom is 0.133 e. The van der Waals surface area contributed by atoms with E-state index in [4.69, 9.17) is 4.74 Å². The predicted molar refractivity (Wildman–Crippen MR) is 74.2 cm³/mol. The highest BCUT2D eigenvalue weighted by atomic mass is 32.1. The second-order valence-corrected chi connectivity index (χ2v) is 6.73. The molecule has 96 valence electrons. The number of ether oxygens (including phenoxy) is 1. The molecule has 0 aliphatic carbocycles. The molecule has 2 nitrogen and oxygen atoms in total. The molecule has 0 unspecified atom stereocenters. The molecule has 3 heteroatoms. The van der Waals surface area contributed by atoms with Crippen LogP contribution in [0.2, 0.25) is 0 Å². The van der Waals surface area contributed by atoms with Crippen LogP contribution in [0.15, 0.2) is 11.4 Å². The smallest absolute Gasteiger partial charge is 0.133 e. The van der Waals surface area contributed by atoms with Crippen molar-refractivity contribution in [3.63, 3.8) is 0 Å². The average molecular weight is 253 g/mol. The highest BCUT2D eigenvalue weighted by Gasteiger charge is 2.29. The lowest BCUT2D eigenvalue weighted by molar-refractivity contribution is 0.102. The van der Waals surface area contributed by atoms with Crippen LogP contribution < -0.4 is 4.74 Å². The second-order valence-electron chi connectivity index (χ2n) is 5.79. The number of hydrogen-bond donors (Lipinski definition) is 0. The van der Waals surface area contributed by atoms with Gasteiger partial charge in [-0.3, -0.25) is 4.90 Å². The third-order valence-electron chi connectivity index (χ3n) is 3.69. The highest BCUT2D eigenvalue weighted by Crippen LogP contribution is 2.39. The van der Waals surface area contributed by atoms with Gasteiger partial charge in [0.05, 0.1) is 7.11 Å². The van der Waals surface area contributed by atoms with Crippen LogP contribution in [-0.4, -0.2) is 30.6 Å². The first kappa shape index (κ1) is 12.9. The van der Waals surface area contributed by atoms with Crippen LogP contribution in [0.3, 0.4) is 0 Å². The van der Waals surface area contributed by atoms with Crippen molar-refractivity contribution in [1.82, 2.24) is 4.90 Å². The summed E-state index contributed by atoms with van der Waals surface area (Å²) in [5.41, 5.74) is 0.310. The molecular formula is C14H23NOS. The minimum atomic E-state index is 0.310. The first-order chi connectivity index (χ1) is 8.02. The highest BCUT2D eigenvalue weighted by molar-refractivity contribution is 7.10. The number of hydrogen-bond acceptors (Lipinski definition) is 3. The van der Waals surface area contributed by atoms with E-state index in [1.807, 2.05) is 11.3 Å². The molecule has 2 heterocycles. The number of likely N-dealkylation sites (tertiary alicyclic amines) is 1. The van der Waals surface area contributed by atoms with Crippen LogP contribution in [0.5, 0.6) is 5.75 Å². The van der Waals surface area contributed by atoms with Crippen molar-refractivity contribution in [1.29, 1.82) is 0 Å². The Morgan fingerprint density at radius 1 is 1.29 bits per heavy atom. The van der Waals surface area contributed by atoms with Gasteiger partial charge in [-0.1, -0.05) is 0 Å². The minimum Gasteiger partial charge on any atom is -0.496 e. The van der Waals surface area contributed by atoms with Gasteiger partial charge in [-0.05, 0) is 64.1 Å². The Labute approximate surface area is 109 Å². The van der Waals surface area contributed by atoms with E-state index < -0.39 is 0 Å². The molecule has 17 heavy (non-hydrogen) atoms. The van der Waals surface area contributed by atoms with Crippen molar-refractivity contribution < 1.29 is 4.74 Å². The van der Waals surface area contributed by atoms with Crippen LogP contribution in [0.4, 0.5) is 0 Å². The van der Waals surface area contributed by atoms with Gasteiger partial charge in [0.25, 0.3) is 0 Å². The zero-order chi connectivity index (χ0) is 12.5. The van der Waals surface area contributed by atoms with Crippen molar-refractivity contribution in [2.45, 2.75) is 45.1 Å². The summed E-state index contributed by atoms with van der Waals surface area (Å²) in [6.07, 6.45) is 2.52. The van der Waals surface area contributed by atoms with E-state index >= 15 is 0 Å². The number of thiophene rings is 1. The lowest BCUT2D eigenvalue weighted by Crippen LogP contribution is -2.45. The van der Waals surface area contributed by atoms with Crippen LogP contribution in [0.1, 0.15) is 44.4 Å². The van der Waals surface area contributed by atoms with E-state index in [0.29, 0.717) is 11.5 Å². The van der Waals surface area contributed by atoms with Crippen molar-refractivity contribution in [2.75, 3.05) is 20.2 Å². The van der Waals surface area contributed by atoms with Gasteiger partial charge in [0.1, 0.15) is 5.75 Å². The molecule has 0 aromatic carbocycles. The lowest BCUT2D eigenvalue weighted by Gasteiger charge is -2.40. The topological polar surface area (TPSA) is 12.5 Å². The fourth-order valence-electron chi connectivity index (χ4n) is 2.59.